The van der Waals surface area contributed by atoms with Crippen molar-refractivity contribution in [2.24, 2.45) is 0 Å². The summed E-state index contributed by atoms with van der Waals surface area (Å²) in [7, 11) is 0. The molecule has 4 nitrogen and oxygen atoms in total. The van der Waals surface area contributed by atoms with Crippen molar-refractivity contribution >= 4 is 33.4 Å². The van der Waals surface area contributed by atoms with Gasteiger partial charge in [0.15, 0.2) is 0 Å². The first-order valence-corrected chi connectivity index (χ1v) is 6.89. The zero-order chi connectivity index (χ0) is 13.1. The number of halogens is 2. The van der Waals surface area contributed by atoms with Gasteiger partial charge in [0.1, 0.15) is 5.75 Å². The number of phenols is 1. The van der Waals surface area contributed by atoms with Gasteiger partial charge in [-0.25, -0.2) is 0 Å². The Labute approximate surface area is 119 Å². The molecule has 6 heteroatoms. The molecule has 1 heterocycles. The summed E-state index contributed by atoms with van der Waals surface area (Å²) in [6, 6.07) is 4.64. The fraction of sp³-hybridized carbons (Fsp3) is 0.417. The number of amides is 1. The molecule has 0 saturated carbocycles. The number of carbonyl (C=O) groups excluding carboxylic acids is 1. The Morgan fingerprint density at radius 2 is 2.39 bits per heavy atom. The third-order valence-corrected chi connectivity index (χ3v) is 3.71. The second-order valence-corrected chi connectivity index (χ2v) is 5.27. The summed E-state index contributed by atoms with van der Waals surface area (Å²) in [5.41, 5.74) is 0.279. The normalized spacial score (nSPS) is 19.9. The molecule has 2 rings (SSSR count). The quantitative estimate of drug-likeness (QED) is 0.844. The molecule has 0 bridgehead atoms. The highest BCUT2D eigenvalue weighted by Gasteiger charge is 2.28. The van der Waals surface area contributed by atoms with Crippen LogP contribution in [0.3, 0.4) is 0 Å². The average molecular weight is 335 g/mol. The molecule has 1 fully saturated rings. The van der Waals surface area contributed by atoms with Crippen LogP contribution in [0.1, 0.15) is 10.4 Å². The highest BCUT2D eigenvalue weighted by Crippen LogP contribution is 2.24. The lowest BCUT2D eigenvalue weighted by atomic mass is 10.1. The molecule has 1 aromatic carbocycles. The van der Waals surface area contributed by atoms with Gasteiger partial charge in [-0.1, -0.05) is 15.9 Å². The van der Waals surface area contributed by atoms with Crippen molar-refractivity contribution in [2.75, 3.05) is 25.6 Å². The van der Waals surface area contributed by atoms with Crippen molar-refractivity contribution < 1.29 is 14.6 Å². The number of hydrogen-bond donors (Lipinski definition) is 1. The van der Waals surface area contributed by atoms with Crippen molar-refractivity contribution in [2.45, 2.75) is 6.04 Å². The van der Waals surface area contributed by atoms with E-state index in [0.29, 0.717) is 25.6 Å². The maximum absolute atomic E-state index is 12.4. The van der Waals surface area contributed by atoms with Gasteiger partial charge < -0.3 is 14.7 Å². The van der Waals surface area contributed by atoms with E-state index in [4.69, 9.17) is 16.3 Å². The number of alkyl halides is 1. The average Bonchev–Trinajstić information content (AvgIpc) is 2.40. The lowest BCUT2D eigenvalue weighted by molar-refractivity contribution is 0.00441. The first-order chi connectivity index (χ1) is 8.63. The molecule has 1 unspecified atom stereocenters. The van der Waals surface area contributed by atoms with Crippen molar-refractivity contribution in [3.05, 3.63) is 28.2 Å². The molecule has 1 aromatic rings. The maximum atomic E-state index is 12.4. The minimum Gasteiger partial charge on any atom is -0.507 e. The predicted molar refractivity (Wildman–Crippen MR) is 72.2 cm³/mol. The van der Waals surface area contributed by atoms with Crippen molar-refractivity contribution in [3.63, 3.8) is 0 Å². The minimum atomic E-state index is -0.220. The molecular weight excluding hydrogens is 321 g/mol. The van der Waals surface area contributed by atoms with Crippen LogP contribution >= 0.6 is 27.5 Å². The van der Waals surface area contributed by atoms with Crippen LogP contribution in [-0.4, -0.2) is 47.6 Å². The summed E-state index contributed by atoms with van der Waals surface area (Å²) in [6.45, 7) is 1.42. The molecule has 0 aromatic heterocycles. The Balaban J connectivity index is 2.26. The van der Waals surface area contributed by atoms with Crippen LogP contribution < -0.4 is 0 Å². The topological polar surface area (TPSA) is 49.8 Å². The number of benzene rings is 1. The zero-order valence-corrected chi connectivity index (χ0v) is 11.9. The zero-order valence-electron chi connectivity index (χ0n) is 9.60. The summed E-state index contributed by atoms with van der Waals surface area (Å²) in [5, 5.41) is 9.76. The molecule has 0 radical (unpaired) electrons. The molecule has 0 spiro atoms. The fourth-order valence-corrected chi connectivity index (χ4v) is 2.50. The van der Waals surface area contributed by atoms with Gasteiger partial charge in [-0.05, 0) is 18.2 Å². The molecule has 1 aliphatic heterocycles. The van der Waals surface area contributed by atoms with Gasteiger partial charge in [0.05, 0.1) is 24.8 Å². The number of rotatable bonds is 2. The lowest BCUT2D eigenvalue weighted by Gasteiger charge is -2.34. The SMILES string of the molecule is O=C(c1cc(Br)ccc1O)N1CCOCC1CCl. The number of nitrogens with zero attached hydrogens (tertiary/aromatic N) is 1. The first kappa shape index (κ1) is 13.6. The standard InChI is InChI=1S/C12H13BrClNO3/c13-8-1-2-11(16)10(5-8)12(17)15-3-4-18-7-9(15)6-14/h1-2,5,9,16H,3-4,6-7H2. The molecule has 18 heavy (non-hydrogen) atoms. The van der Waals surface area contributed by atoms with Gasteiger partial charge in [0.2, 0.25) is 0 Å². The van der Waals surface area contributed by atoms with Crippen LogP contribution in [0.25, 0.3) is 0 Å². The number of phenolic OH excluding ortho intramolecular Hbond substituents is 1. The smallest absolute Gasteiger partial charge is 0.258 e. The molecule has 0 aliphatic carbocycles. The van der Waals surface area contributed by atoms with Gasteiger partial charge in [-0.3, -0.25) is 4.79 Å². The van der Waals surface area contributed by atoms with E-state index >= 15 is 0 Å². The second-order valence-electron chi connectivity index (χ2n) is 4.04. The van der Waals surface area contributed by atoms with Crippen molar-refractivity contribution in [3.8, 4) is 5.75 Å². The Morgan fingerprint density at radius 3 is 3.11 bits per heavy atom. The van der Waals surface area contributed by atoms with Gasteiger partial charge in [-0.2, -0.15) is 0 Å². The van der Waals surface area contributed by atoms with Crippen molar-refractivity contribution in [1.82, 2.24) is 4.90 Å². The van der Waals surface area contributed by atoms with Crippen LogP contribution in [0.5, 0.6) is 5.75 Å². The minimum absolute atomic E-state index is 0.0250. The maximum Gasteiger partial charge on any atom is 0.258 e. The van der Waals surface area contributed by atoms with Crippen molar-refractivity contribution in [1.29, 1.82) is 0 Å². The number of carbonyl (C=O) groups is 1. The lowest BCUT2D eigenvalue weighted by Crippen LogP contribution is -2.49. The van der Waals surface area contributed by atoms with Crippen LogP contribution in [0.4, 0.5) is 0 Å². The monoisotopic (exact) mass is 333 g/mol. The number of ether oxygens (including phenoxy) is 1. The van der Waals surface area contributed by atoms with Crippen LogP contribution in [0.15, 0.2) is 22.7 Å². The number of morpholine rings is 1. The van der Waals surface area contributed by atoms with E-state index in [-0.39, 0.29) is 23.3 Å². The van der Waals surface area contributed by atoms with E-state index in [1.165, 1.54) is 6.07 Å². The van der Waals surface area contributed by atoms with E-state index in [1.54, 1.807) is 17.0 Å². The summed E-state index contributed by atoms with van der Waals surface area (Å²) in [6.07, 6.45) is 0. The summed E-state index contributed by atoms with van der Waals surface area (Å²) in [5.74, 6) is 0.0753. The Kier molecular flexibility index (Phi) is 4.48. The number of aromatic hydroxyl groups is 1. The van der Waals surface area contributed by atoms with E-state index in [1.807, 2.05) is 0 Å². The molecule has 1 saturated heterocycles. The third-order valence-electron chi connectivity index (χ3n) is 2.86. The molecule has 1 amide bonds. The predicted octanol–water partition coefficient (Wildman–Crippen LogP) is 2.23. The van der Waals surface area contributed by atoms with E-state index in [2.05, 4.69) is 15.9 Å². The summed E-state index contributed by atoms with van der Waals surface area (Å²) >= 11 is 9.12. The molecule has 1 aliphatic rings. The molecule has 1 atom stereocenters. The number of hydrogen-bond acceptors (Lipinski definition) is 3. The van der Waals surface area contributed by atoms with Gasteiger partial charge in [-0.15, -0.1) is 11.6 Å². The van der Waals surface area contributed by atoms with E-state index in [9.17, 15) is 9.90 Å². The van der Waals surface area contributed by atoms with Gasteiger partial charge in [0, 0.05) is 16.9 Å². The van der Waals surface area contributed by atoms with Gasteiger partial charge in [0.25, 0.3) is 5.91 Å². The third kappa shape index (κ3) is 2.79. The van der Waals surface area contributed by atoms with E-state index in [0.717, 1.165) is 4.47 Å². The summed E-state index contributed by atoms with van der Waals surface area (Å²) in [4.78, 5) is 14.0. The highest BCUT2D eigenvalue weighted by molar-refractivity contribution is 9.10. The first-order valence-electron chi connectivity index (χ1n) is 5.56. The van der Waals surface area contributed by atoms with Crippen LogP contribution in [0, 0.1) is 0 Å². The molecular formula is C12H13BrClNO3. The summed E-state index contributed by atoms with van der Waals surface area (Å²) < 4.78 is 6.04. The Morgan fingerprint density at radius 1 is 1.61 bits per heavy atom. The van der Waals surface area contributed by atoms with Gasteiger partial charge >= 0.3 is 0 Å². The Bertz CT molecular complexity index is 455. The van der Waals surface area contributed by atoms with Crippen LogP contribution in [-0.2, 0) is 4.74 Å². The van der Waals surface area contributed by atoms with Crippen LogP contribution in [0.2, 0.25) is 0 Å². The highest BCUT2D eigenvalue weighted by atomic mass is 79.9. The second kappa shape index (κ2) is 5.91. The van der Waals surface area contributed by atoms with E-state index < -0.39 is 0 Å². The Hall–Kier alpha value is -0.780. The largest absolute Gasteiger partial charge is 0.507 e. The molecule has 1 N–H and O–H groups in total. The molecule has 98 valence electrons. The fourth-order valence-electron chi connectivity index (χ4n) is 1.88.